The number of fused-ring (bicyclic) bond motifs is 1. The van der Waals surface area contributed by atoms with E-state index in [2.05, 4.69) is 25.9 Å². The molecule has 3 aromatic rings. The molecular weight excluding hydrogens is 402 g/mol. The summed E-state index contributed by atoms with van der Waals surface area (Å²) in [5, 5.41) is 1.19. The van der Waals surface area contributed by atoms with Gasteiger partial charge >= 0.3 is 0 Å². The molecule has 0 bridgehead atoms. The van der Waals surface area contributed by atoms with Crippen LogP contribution >= 0.6 is 62.1 Å². The number of halogens is 4. The zero-order valence-electron chi connectivity index (χ0n) is 10.0. The largest absolute Gasteiger partial charge is 0.227 e. The highest BCUT2D eigenvalue weighted by molar-refractivity contribution is 9.10. The van der Waals surface area contributed by atoms with Gasteiger partial charge in [-0.05, 0) is 40.5 Å². The van der Waals surface area contributed by atoms with Gasteiger partial charge in [-0.15, -0.1) is 11.3 Å². The Hall–Kier alpha value is -0.390. The predicted molar refractivity (Wildman–Crippen MR) is 90.3 cm³/mol. The summed E-state index contributed by atoms with van der Waals surface area (Å²) in [5.41, 5.74) is 2.52. The minimum absolute atomic E-state index is 0.388. The first kappa shape index (κ1) is 14.5. The molecule has 102 valence electrons. The first-order valence-electron chi connectivity index (χ1n) is 5.55. The second-order valence-electron chi connectivity index (χ2n) is 4.16. The number of rotatable bonds is 1. The number of hydrogen-bond acceptors (Lipinski definition) is 3. The maximum atomic E-state index is 6.29. The average Bonchev–Trinajstić information content (AvgIpc) is 2.72. The highest BCUT2D eigenvalue weighted by Crippen LogP contribution is 2.39. The van der Waals surface area contributed by atoms with Crippen LogP contribution in [0, 0.1) is 6.92 Å². The van der Waals surface area contributed by atoms with Crippen molar-refractivity contribution >= 4 is 73.0 Å². The van der Waals surface area contributed by atoms with Crippen molar-refractivity contribution in [2.45, 2.75) is 6.92 Å². The summed E-state index contributed by atoms with van der Waals surface area (Å²) >= 11 is 23.2. The monoisotopic (exact) mass is 406 g/mol. The van der Waals surface area contributed by atoms with Gasteiger partial charge in [-0.1, -0.05) is 40.9 Å². The maximum Gasteiger partial charge on any atom is 0.163 e. The smallest absolute Gasteiger partial charge is 0.163 e. The van der Waals surface area contributed by atoms with E-state index in [1.807, 2.05) is 19.1 Å². The molecule has 0 N–H and O–H groups in total. The van der Waals surface area contributed by atoms with Crippen LogP contribution in [0.4, 0.5) is 0 Å². The fourth-order valence-electron chi connectivity index (χ4n) is 1.90. The first-order chi connectivity index (χ1) is 9.47. The SMILES string of the molecule is Cc1ccc(Br)c2c(Cl)nc(-c3cc(Cl)sc3Cl)nc12. The fourth-order valence-corrected chi connectivity index (χ4v) is 4.25. The van der Waals surface area contributed by atoms with E-state index in [1.165, 1.54) is 11.3 Å². The molecular formula is C13H6BrCl3N2S. The lowest BCUT2D eigenvalue weighted by molar-refractivity contribution is 1.22. The lowest BCUT2D eigenvalue weighted by Crippen LogP contribution is -1.94. The van der Waals surface area contributed by atoms with E-state index in [-0.39, 0.29) is 0 Å². The Balaban J connectivity index is 2.35. The lowest BCUT2D eigenvalue weighted by atomic mass is 10.1. The van der Waals surface area contributed by atoms with Crippen LogP contribution in [-0.4, -0.2) is 9.97 Å². The van der Waals surface area contributed by atoms with E-state index >= 15 is 0 Å². The van der Waals surface area contributed by atoms with Gasteiger partial charge in [-0.3, -0.25) is 0 Å². The molecule has 0 fully saturated rings. The molecule has 0 spiro atoms. The number of nitrogens with zero attached hydrogens (tertiary/aromatic N) is 2. The van der Waals surface area contributed by atoms with E-state index in [0.717, 1.165) is 20.9 Å². The molecule has 0 atom stereocenters. The quantitative estimate of drug-likeness (QED) is 0.436. The summed E-state index contributed by atoms with van der Waals surface area (Å²) in [6.07, 6.45) is 0. The van der Waals surface area contributed by atoms with Gasteiger partial charge in [0.05, 0.1) is 20.8 Å². The summed E-state index contributed by atoms with van der Waals surface area (Å²) in [6, 6.07) is 5.65. The summed E-state index contributed by atoms with van der Waals surface area (Å²) in [7, 11) is 0. The highest BCUT2D eigenvalue weighted by atomic mass is 79.9. The number of thiophene rings is 1. The van der Waals surface area contributed by atoms with Crippen molar-refractivity contribution in [3.8, 4) is 11.4 Å². The van der Waals surface area contributed by atoms with Crippen molar-refractivity contribution < 1.29 is 0 Å². The van der Waals surface area contributed by atoms with Crippen LogP contribution < -0.4 is 0 Å². The van der Waals surface area contributed by atoms with E-state index < -0.39 is 0 Å². The number of hydrogen-bond donors (Lipinski definition) is 0. The molecule has 0 amide bonds. The van der Waals surface area contributed by atoms with Crippen LogP contribution in [0.15, 0.2) is 22.7 Å². The van der Waals surface area contributed by atoms with E-state index in [0.29, 0.717) is 25.2 Å². The van der Waals surface area contributed by atoms with Gasteiger partial charge in [0.1, 0.15) is 9.49 Å². The summed E-state index contributed by atoms with van der Waals surface area (Å²) in [4.78, 5) is 8.91. The van der Waals surface area contributed by atoms with Crippen LogP contribution in [0.1, 0.15) is 5.56 Å². The van der Waals surface area contributed by atoms with Crippen LogP contribution in [0.5, 0.6) is 0 Å². The van der Waals surface area contributed by atoms with Crippen molar-refractivity contribution in [3.05, 3.63) is 42.1 Å². The molecule has 2 heterocycles. The molecule has 20 heavy (non-hydrogen) atoms. The van der Waals surface area contributed by atoms with Crippen molar-refractivity contribution in [3.63, 3.8) is 0 Å². The van der Waals surface area contributed by atoms with Crippen molar-refractivity contribution in [1.29, 1.82) is 0 Å². The Bertz CT molecular complexity index is 832. The molecule has 0 aliphatic heterocycles. The lowest BCUT2D eigenvalue weighted by Gasteiger charge is -2.07. The third kappa shape index (κ3) is 2.44. The van der Waals surface area contributed by atoms with E-state index in [1.54, 1.807) is 6.07 Å². The molecule has 0 aliphatic rings. The van der Waals surface area contributed by atoms with Crippen molar-refractivity contribution in [2.75, 3.05) is 0 Å². The second-order valence-corrected chi connectivity index (χ2v) is 7.66. The third-order valence-electron chi connectivity index (χ3n) is 2.85. The molecule has 0 radical (unpaired) electrons. The Labute approximate surface area is 142 Å². The first-order valence-corrected chi connectivity index (χ1v) is 8.29. The van der Waals surface area contributed by atoms with Crippen molar-refractivity contribution in [1.82, 2.24) is 9.97 Å². The van der Waals surface area contributed by atoms with Gasteiger partial charge in [-0.25, -0.2) is 9.97 Å². The Morgan fingerprint density at radius 2 is 1.90 bits per heavy atom. The van der Waals surface area contributed by atoms with Crippen LogP contribution in [-0.2, 0) is 0 Å². The molecule has 0 aliphatic carbocycles. The van der Waals surface area contributed by atoms with Gasteiger partial charge < -0.3 is 0 Å². The van der Waals surface area contributed by atoms with Crippen LogP contribution in [0.2, 0.25) is 13.8 Å². The zero-order valence-corrected chi connectivity index (χ0v) is 14.7. The Morgan fingerprint density at radius 3 is 2.55 bits per heavy atom. The molecule has 7 heteroatoms. The molecule has 0 unspecified atom stereocenters. The van der Waals surface area contributed by atoms with Crippen LogP contribution in [0.25, 0.3) is 22.3 Å². The van der Waals surface area contributed by atoms with Gasteiger partial charge in [0.25, 0.3) is 0 Å². The molecule has 1 aromatic carbocycles. The predicted octanol–water partition coefficient (Wildman–Crippen LogP) is 6.39. The standard InChI is InChI=1S/C13H6BrCl3N2S/c1-5-2-3-7(14)9-10(5)18-13(19-11(9)16)6-4-8(15)20-12(6)17/h2-4H,1H3. The molecule has 3 rings (SSSR count). The summed E-state index contributed by atoms with van der Waals surface area (Å²) in [5.74, 6) is 0.483. The molecule has 2 aromatic heterocycles. The second kappa shape index (κ2) is 5.43. The van der Waals surface area contributed by atoms with Gasteiger partial charge in [-0.2, -0.15) is 0 Å². The normalized spacial score (nSPS) is 11.2. The van der Waals surface area contributed by atoms with Gasteiger partial charge in [0.15, 0.2) is 5.82 Å². The van der Waals surface area contributed by atoms with Crippen molar-refractivity contribution in [2.24, 2.45) is 0 Å². The molecule has 2 nitrogen and oxygen atoms in total. The fraction of sp³-hybridized carbons (Fsp3) is 0.0769. The summed E-state index contributed by atoms with van der Waals surface area (Å²) < 4.78 is 2.01. The van der Waals surface area contributed by atoms with E-state index in [4.69, 9.17) is 34.8 Å². The highest BCUT2D eigenvalue weighted by Gasteiger charge is 2.16. The van der Waals surface area contributed by atoms with Gasteiger partial charge in [0, 0.05) is 4.47 Å². The summed E-state index contributed by atoms with van der Waals surface area (Å²) in [6.45, 7) is 1.98. The zero-order chi connectivity index (χ0) is 14.4. The number of aryl methyl sites for hydroxylation is 1. The minimum atomic E-state index is 0.388. The molecule has 0 saturated heterocycles. The topological polar surface area (TPSA) is 25.8 Å². The van der Waals surface area contributed by atoms with Crippen LogP contribution in [0.3, 0.4) is 0 Å². The Kier molecular flexibility index (Phi) is 3.95. The van der Waals surface area contributed by atoms with Gasteiger partial charge in [0.2, 0.25) is 0 Å². The minimum Gasteiger partial charge on any atom is -0.227 e. The number of benzene rings is 1. The number of aromatic nitrogens is 2. The van der Waals surface area contributed by atoms with E-state index in [9.17, 15) is 0 Å². The Morgan fingerprint density at radius 1 is 1.15 bits per heavy atom. The third-order valence-corrected chi connectivity index (χ3v) is 5.28. The average molecular weight is 409 g/mol. The molecule has 0 saturated carbocycles. The maximum absolute atomic E-state index is 6.29.